The van der Waals surface area contributed by atoms with Gasteiger partial charge in [0.1, 0.15) is 12.4 Å². The SMILES string of the molecule is CCOC(=O)C1=C(c2ccccc2)N=c2s/c(=C\c3cc(Cl)ccc3OCc3cccc4ccccc34)c(=O)n2[C@@H]1c1ccc(Cl)cc1. The maximum atomic E-state index is 14.4. The molecule has 238 valence electrons. The summed E-state index contributed by atoms with van der Waals surface area (Å²) in [7, 11) is 0. The van der Waals surface area contributed by atoms with Gasteiger partial charge in [-0.05, 0) is 65.2 Å². The summed E-state index contributed by atoms with van der Waals surface area (Å²) >= 11 is 13.9. The zero-order chi connectivity index (χ0) is 33.2. The summed E-state index contributed by atoms with van der Waals surface area (Å²) in [5.74, 6) is 0.0258. The third-order valence-electron chi connectivity index (χ3n) is 8.08. The van der Waals surface area contributed by atoms with E-state index < -0.39 is 12.0 Å². The Kier molecular flexibility index (Phi) is 9.00. The van der Waals surface area contributed by atoms with E-state index in [-0.39, 0.29) is 17.7 Å². The summed E-state index contributed by atoms with van der Waals surface area (Å²) in [5, 5.41) is 3.27. The molecular formula is C39H28Cl2N2O4S. The van der Waals surface area contributed by atoms with Crippen molar-refractivity contribution in [3.8, 4) is 5.75 Å². The third-order valence-corrected chi connectivity index (χ3v) is 9.55. The molecule has 1 aliphatic heterocycles. The topological polar surface area (TPSA) is 69.9 Å². The van der Waals surface area contributed by atoms with Crippen LogP contribution in [0.1, 0.15) is 35.2 Å². The number of nitrogens with zero attached hydrogens (tertiary/aromatic N) is 2. The van der Waals surface area contributed by atoms with Crippen LogP contribution in [0.2, 0.25) is 10.0 Å². The predicted molar refractivity (Wildman–Crippen MR) is 192 cm³/mol. The standard InChI is InChI=1S/C39H28Cl2N2O4S/c1-2-46-38(45)34-35(25-10-4-3-5-11-25)42-39-43(36(34)26-15-17-29(40)18-16-26)37(44)33(48-39)22-28-21-30(41)19-20-32(28)47-23-27-13-8-12-24-9-6-7-14-31(24)27/h3-22,36H,2,23H2,1H3/b33-22-/t36-/m1/s1. The summed E-state index contributed by atoms with van der Waals surface area (Å²) in [6, 6.07) is 35.3. The fourth-order valence-electron chi connectivity index (χ4n) is 5.88. The molecule has 48 heavy (non-hydrogen) atoms. The van der Waals surface area contributed by atoms with Crippen LogP contribution in [-0.4, -0.2) is 17.1 Å². The second-order valence-electron chi connectivity index (χ2n) is 11.1. The molecule has 0 bridgehead atoms. The van der Waals surface area contributed by atoms with Crippen LogP contribution in [0.5, 0.6) is 5.75 Å². The van der Waals surface area contributed by atoms with Crippen LogP contribution in [0.3, 0.4) is 0 Å². The average Bonchev–Trinajstić information content (AvgIpc) is 3.42. The smallest absolute Gasteiger partial charge is 0.338 e. The fourth-order valence-corrected chi connectivity index (χ4v) is 7.18. The Morgan fingerprint density at radius 2 is 1.62 bits per heavy atom. The van der Waals surface area contributed by atoms with Gasteiger partial charge in [0.15, 0.2) is 4.80 Å². The number of hydrogen-bond donors (Lipinski definition) is 0. The van der Waals surface area contributed by atoms with Crippen LogP contribution in [0.15, 0.2) is 131 Å². The molecule has 0 unspecified atom stereocenters. The fraction of sp³-hybridized carbons (Fsp3) is 0.103. The van der Waals surface area contributed by atoms with Gasteiger partial charge in [0.2, 0.25) is 0 Å². The summed E-state index contributed by atoms with van der Waals surface area (Å²) < 4.78 is 13.9. The highest BCUT2D eigenvalue weighted by atomic mass is 35.5. The van der Waals surface area contributed by atoms with E-state index in [2.05, 4.69) is 18.2 Å². The number of esters is 1. The number of ether oxygens (including phenoxy) is 2. The first kappa shape index (κ1) is 31.6. The Hall–Kier alpha value is -4.95. The van der Waals surface area contributed by atoms with Crippen molar-refractivity contribution in [2.24, 2.45) is 4.99 Å². The van der Waals surface area contributed by atoms with E-state index in [9.17, 15) is 9.59 Å². The van der Waals surface area contributed by atoms with Crippen molar-refractivity contribution in [1.82, 2.24) is 4.57 Å². The van der Waals surface area contributed by atoms with Crippen molar-refractivity contribution in [2.75, 3.05) is 6.61 Å². The van der Waals surface area contributed by atoms with E-state index in [1.807, 2.05) is 66.7 Å². The van der Waals surface area contributed by atoms with E-state index in [0.29, 0.717) is 48.6 Å². The summed E-state index contributed by atoms with van der Waals surface area (Å²) in [6.45, 7) is 2.24. The molecule has 6 aromatic rings. The molecule has 0 N–H and O–H groups in total. The highest BCUT2D eigenvalue weighted by molar-refractivity contribution is 7.07. The minimum Gasteiger partial charge on any atom is -0.488 e. The number of rotatable bonds is 8. The van der Waals surface area contributed by atoms with Crippen molar-refractivity contribution in [3.05, 3.63) is 173 Å². The number of fused-ring (bicyclic) bond motifs is 2. The molecule has 1 aliphatic rings. The first-order valence-corrected chi connectivity index (χ1v) is 16.9. The van der Waals surface area contributed by atoms with Gasteiger partial charge in [-0.25, -0.2) is 9.79 Å². The quantitative estimate of drug-likeness (QED) is 0.152. The Morgan fingerprint density at radius 3 is 2.42 bits per heavy atom. The molecule has 0 aliphatic carbocycles. The number of halogens is 2. The van der Waals surface area contributed by atoms with E-state index in [1.165, 1.54) is 11.3 Å². The molecule has 1 atom stereocenters. The monoisotopic (exact) mass is 690 g/mol. The lowest BCUT2D eigenvalue weighted by Crippen LogP contribution is -2.40. The van der Waals surface area contributed by atoms with Crippen LogP contribution < -0.4 is 19.6 Å². The molecule has 0 radical (unpaired) electrons. The normalized spacial score (nSPS) is 14.5. The molecule has 0 spiro atoms. The van der Waals surface area contributed by atoms with Crippen LogP contribution in [0.4, 0.5) is 0 Å². The van der Waals surface area contributed by atoms with Gasteiger partial charge in [0.05, 0.1) is 28.5 Å². The van der Waals surface area contributed by atoms with Gasteiger partial charge in [0.25, 0.3) is 5.56 Å². The molecule has 2 heterocycles. The molecule has 6 nitrogen and oxygen atoms in total. The van der Waals surface area contributed by atoms with Gasteiger partial charge >= 0.3 is 5.97 Å². The number of thiazole rings is 1. The molecule has 1 aromatic heterocycles. The lowest BCUT2D eigenvalue weighted by Gasteiger charge is -2.25. The number of carbonyl (C=O) groups is 1. The zero-order valence-electron chi connectivity index (χ0n) is 25.7. The van der Waals surface area contributed by atoms with Gasteiger partial charge in [-0.3, -0.25) is 9.36 Å². The van der Waals surface area contributed by atoms with Crippen molar-refractivity contribution < 1.29 is 14.3 Å². The second kappa shape index (κ2) is 13.6. The summed E-state index contributed by atoms with van der Waals surface area (Å²) in [5.41, 5.74) is 3.51. The number of benzene rings is 5. The lowest BCUT2D eigenvalue weighted by molar-refractivity contribution is -0.138. The minimum atomic E-state index is -0.809. The molecule has 0 saturated heterocycles. The zero-order valence-corrected chi connectivity index (χ0v) is 28.1. The summed E-state index contributed by atoms with van der Waals surface area (Å²) in [6.07, 6.45) is 1.77. The Labute approximate surface area is 290 Å². The number of aromatic nitrogens is 1. The van der Waals surface area contributed by atoms with E-state index in [4.69, 9.17) is 37.7 Å². The maximum Gasteiger partial charge on any atom is 0.338 e. The lowest BCUT2D eigenvalue weighted by atomic mass is 9.93. The van der Waals surface area contributed by atoms with E-state index in [1.54, 1.807) is 47.9 Å². The van der Waals surface area contributed by atoms with Crippen LogP contribution in [0.25, 0.3) is 22.5 Å². The average molecular weight is 692 g/mol. The van der Waals surface area contributed by atoms with Gasteiger partial charge in [-0.1, -0.05) is 119 Å². The second-order valence-corrected chi connectivity index (χ2v) is 13.0. The van der Waals surface area contributed by atoms with Crippen molar-refractivity contribution >= 4 is 63.1 Å². The van der Waals surface area contributed by atoms with Crippen molar-refractivity contribution in [2.45, 2.75) is 19.6 Å². The molecule has 9 heteroatoms. The van der Waals surface area contributed by atoms with Gasteiger partial charge in [-0.15, -0.1) is 0 Å². The third kappa shape index (κ3) is 6.20. The highest BCUT2D eigenvalue weighted by Gasteiger charge is 2.35. The Morgan fingerprint density at radius 1 is 0.896 bits per heavy atom. The van der Waals surface area contributed by atoms with Crippen LogP contribution in [-0.2, 0) is 16.1 Å². The minimum absolute atomic E-state index is 0.165. The molecule has 7 rings (SSSR count). The maximum absolute atomic E-state index is 14.4. The van der Waals surface area contributed by atoms with Gasteiger partial charge < -0.3 is 9.47 Å². The summed E-state index contributed by atoms with van der Waals surface area (Å²) in [4.78, 5) is 33.4. The highest BCUT2D eigenvalue weighted by Crippen LogP contribution is 2.35. The van der Waals surface area contributed by atoms with Crippen LogP contribution >= 0.6 is 34.5 Å². The number of carbonyl (C=O) groups excluding carboxylic acids is 1. The van der Waals surface area contributed by atoms with Crippen molar-refractivity contribution in [1.29, 1.82) is 0 Å². The first-order valence-electron chi connectivity index (χ1n) is 15.3. The Bertz CT molecular complexity index is 2380. The van der Waals surface area contributed by atoms with Gasteiger partial charge in [-0.2, -0.15) is 0 Å². The van der Waals surface area contributed by atoms with Crippen molar-refractivity contribution in [3.63, 3.8) is 0 Å². The van der Waals surface area contributed by atoms with E-state index >= 15 is 0 Å². The molecular weight excluding hydrogens is 663 g/mol. The predicted octanol–water partition coefficient (Wildman–Crippen LogP) is 7.97. The number of hydrogen-bond acceptors (Lipinski definition) is 6. The van der Waals surface area contributed by atoms with Crippen LogP contribution in [0, 0.1) is 0 Å². The Balaban J connectivity index is 1.38. The molecule has 0 fully saturated rings. The molecule has 0 amide bonds. The van der Waals surface area contributed by atoms with Gasteiger partial charge in [0, 0.05) is 21.2 Å². The molecule has 5 aromatic carbocycles. The largest absolute Gasteiger partial charge is 0.488 e. The van der Waals surface area contributed by atoms with E-state index in [0.717, 1.165) is 21.9 Å². The first-order chi connectivity index (χ1) is 23.4. The molecule has 0 saturated carbocycles.